The van der Waals surface area contributed by atoms with Gasteiger partial charge < -0.3 is 10.1 Å². The molecule has 3 nitrogen and oxygen atoms in total. The molecule has 0 amide bonds. The molecule has 1 N–H and O–H groups in total. The lowest BCUT2D eigenvalue weighted by Gasteiger charge is -2.42. The summed E-state index contributed by atoms with van der Waals surface area (Å²) in [6.45, 7) is 6.69. The Morgan fingerprint density at radius 3 is 2.85 bits per heavy atom. The molecule has 0 spiro atoms. The largest absolute Gasteiger partial charge is 0.492 e. The normalized spacial score (nSPS) is 30.3. The Bertz CT molecular complexity index is 460. The van der Waals surface area contributed by atoms with E-state index in [-0.39, 0.29) is 0 Å². The SMILES string of the molecule is CNC1c2ccccc2OCC1N1CCCC1C(C)C. The van der Waals surface area contributed by atoms with Crippen molar-refractivity contribution in [2.45, 2.75) is 44.8 Å². The average Bonchev–Trinajstić information content (AvgIpc) is 2.95. The van der Waals surface area contributed by atoms with Crippen LogP contribution in [-0.4, -0.2) is 37.2 Å². The number of likely N-dealkylation sites (N-methyl/N-ethyl adjacent to an activating group) is 1. The molecule has 3 rings (SSSR count). The number of hydrogen-bond donors (Lipinski definition) is 1. The number of fused-ring (bicyclic) bond motifs is 1. The van der Waals surface area contributed by atoms with Crippen molar-refractivity contribution in [2.24, 2.45) is 5.92 Å². The first-order valence-electron chi connectivity index (χ1n) is 7.87. The van der Waals surface area contributed by atoms with Crippen molar-refractivity contribution in [3.05, 3.63) is 29.8 Å². The summed E-state index contributed by atoms with van der Waals surface area (Å²) in [7, 11) is 2.07. The number of ether oxygens (including phenoxy) is 1. The molecule has 0 saturated carbocycles. The van der Waals surface area contributed by atoms with E-state index in [0.29, 0.717) is 24.0 Å². The number of likely N-dealkylation sites (tertiary alicyclic amines) is 1. The highest BCUT2D eigenvalue weighted by Crippen LogP contribution is 2.37. The smallest absolute Gasteiger partial charge is 0.124 e. The molecule has 1 aromatic carbocycles. The van der Waals surface area contributed by atoms with Crippen molar-refractivity contribution in [1.82, 2.24) is 10.2 Å². The standard InChI is InChI=1S/C17H26N2O/c1-12(2)14-8-6-10-19(14)15-11-20-16-9-5-4-7-13(16)17(15)18-3/h4-5,7,9,12,14-15,17-18H,6,8,10-11H2,1-3H3. The molecule has 20 heavy (non-hydrogen) atoms. The van der Waals surface area contributed by atoms with Gasteiger partial charge in [-0.2, -0.15) is 0 Å². The van der Waals surface area contributed by atoms with E-state index < -0.39 is 0 Å². The number of rotatable bonds is 3. The van der Waals surface area contributed by atoms with Gasteiger partial charge in [0.05, 0.1) is 12.1 Å². The summed E-state index contributed by atoms with van der Waals surface area (Å²) >= 11 is 0. The summed E-state index contributed by atoms with van der Waals surface area (Å²) < 4.78 is 6.03. The van der Waals surface area contributed by atoms with Gasteiger partial charge in [0.25, 0.3) is 0 Å². The van der Waals surface area contributed by atoms with Crippen LogP contribution >= 0.6 is 0 Å². The highest BCUT2D eigenvalue weighted by molar-refractivity contribution is 5.38. The van der Waals surface area contributed by atoms with E-state index in [2.05, 4.69) is 55.4 Å². The minimum absolute atomic E-state index is 0.374. The van der Waals surface area contributed by atoms with E-state index in [0.717, 1.165) is 12.4 Å². The lowest BCUT2D eigenvalue weighted by molar-refractivity contribution is 0.0634. The summed E-state index contributed by atoms with van der Waals surface area (Å²) in [5.74, 6) is 1.76. The van der Waals surface area contributed by atoms with E-state index in [4.69, 9.17) is 4.74 Å². The number of para-hydroxylation sites is 1. The average molecular weight is 274 g/mol. The monoisotopic (exact) mass is 274 g/mol. The van der Waals surface area contributed by atoms with E-state index in [1.165, 1.54) is 24.9 Å². The summed E-state index contributed by atoms with van der Waals surface area (Å²) in [6.07, 6.45) is 2.64. The third-order valence-corrected chi connectivity index (χ3v) is 4.90. The van der Waals surface area contributed by atoms with Gasteiger partial charge in [-0.1, -0.05) is 32.0 Å². The van der Waals surface area contributed by atoms with E-state index >= 15 is 0 Å². The molecule has 0 bridgehead atoms. The second-order valence-corrected chi connectivity index (χ2v) is 6.37. The molecular weight excluding hydrogens is 248 g/mol. The number of nitrogens with zero attached hydrogens (tertiary/aromatic N) is 1. The second kappa shape index (κ2) is 5.74. The van der Waals surface area contributed by atoms with Crippen LogP contribution in [0, 0.1) is 5.92 Å². The predicted molar refractivity (Wildman–Crippen MR) is 82.1 cm³/mol. The fraction of sp³-hybridized carbons (Fsp3) is 0.647. The minimum Gasteiger partial charge on any atom is -0.492 e. The van der Waals surface area contributed by atoms with Crippen LogP contribution in [0.15, 0.2) is 24.3 Å². The van der Waals surface area contributed by atoms with E-state index in [9.17, 15) is 0 Å². The fourth-order valence-corrected chi connectivity index (χ4v) is 3.93. The molecule has 3 unspecified atom stereocenters. The summed E-state index contributed by atoms with van der Waals surface area (Å²) in [6, 6.07) is 9.97. The highest BCUT2D eigenvalue weighted by Gasteiger charge is 2.39. The van der Waals surface area contributed by atoms with Crippen LogP contribution in [0.4, 0.5) is 0 Å². The van der Waals surface area contributed by atoms with Gasteiger partial charge in [-0.25, -0.2) is 0 Å². The van der Waals surface area contributed by atoms with Crippen LogP contribution < -0.4 is 10.1 Å². The number of benzene rings is 1. The lowest BCUT2D eigenvalue weighted by atomic mass is 9.93. The number of hydrogen-bond acceptors (Lipinski definition) is 3. The van der Waals surface area contributed by atoms with Gasteiger partial charge in [0, 0.05) is 11.6 Å². The van der Waals surface area contributed by atoms with Crippen molar-refractivity contribution in [3.63, 3.8) is 0 Å². The molecule has 0 aliphatic carbocycles. The molecule has 1 fully saturated rings. The van der Waals surface area contributed by atoms with Gasteiger partial charge in [0.15, 0.2) is 0 Å². The fourth-order valence-electron chi connectivity index (χ4n) is 3.93. The molecule has 1 saturated heterocycles. The van der Waals surface area contributed by atoms with Crippen LogP contribution in [0.3, 0.4) is 0 Å². The summed E-state index contributed by atoms with van der Waals surface area (Å²) in [5, 5.41) is 3.52. The Labute approximate surface area is 122 Å². The minimum atomic E-state index is 0.374. The summed E-state index contributed by atoms with van der Waals surface area (Å²) in [5.41, 5.74) is 1.31. The van der Waals surface area contributed by atoms with Crippen molar-refractivity contribution >= 4 is 0 Å². The maximum absolute atomic E-state index is 6.03. The van der Waals surface area contributed by atoms with E-state index in [1.54, 1.807) is 0 Å². The van der Waals surface area contributed by atoms with Gasteiger partial charge in [0.1, 0.15) is 12.4 Å². The Kier molecular flexibility index (Phi) is 3.99. The van der Waals surface area contributed by atoms with Crippen LogP contribution in [0.25, 0.3) is 0 Å². The Morgan fingerprint density at radius 2 is 2.10 bits per heavy atom. The predicted octanol–water partition coefficient (Wildman–Crippen LogP) is 2.83. The molecule has 2 aliphatic rings. The molecule has 2 heterocycles. The van der Waals surface area contributed by atoms with Crippen LogP contribution in [0.2, 0.25) is 0 Å². The van der Waals surface area contributed by atoms with Crippen molar-refractivity contribution in [1.29, 1.82) is 0 Å². The molecule has 3 atom stereocenters. The molecule has 0 radical (unpaired) electrons. The molecule has 110 valence electrons. The maximum atomic E-state index is 6.03. The maximum Gasteiger partial charge on any atom is 0.124 e. The molecule has 0 aromatic heterocycles. The van der Waals surface area contributed by atoms with Crippen LogP contribution in [-0.2, 0) is 0 Å². The Balaban J connectivity index is 1.87. The third kappa shape index (κ3) is 2.33. The zero-order valence-electron chi connectivity index (χ0n) is 12.8. The van der Waals surface area contributed by atoms with Crippen molar-refractivity contribution < 1.29 is 4.74 Å². The molecule has 3 heteroatoms. The summed E-state index contributed by atoms with van der Waals surface area (Å²) in [4.78, 5) is 2.68. The topological polar surface area (TPSA) is 24.5 Å². The Morgan fingerprint density at radius 1 is 1.30 bits per heavy atom. The first kappa shape index (κ1) is 13.9. The van der Waals surface area contributed by atoms with Gasteiger partial charge in [-0.05, 0) is 38.4 Å². The number of nitrogens with one attached hydrogen (secondary N) is 1. The van der Waals surface area contributed by atoms with Gasteiger partial charge in [-0.15, -0.1) is 0 Å². The van der Waals surface area contributed by atoms with Crippen molar-refractivity contribution in [3.8, 4) is 5.75 Å². The van der Waals surface area contributed by atoms with Crippen molar-refractivity contribution in [2.75, 3.05) is 20.2 Å². The zero-order chi connectivity index (χ0) is 14.1. The highest BCUT2D eigenvalue weighted by atomic mass is 16.5. The molecule has 1 aromatic rings. The molecule has 2 aliphatic heterocycles. The van der Waals surface area contributed by atoms with Gasteiger partial charge >= 0.3 is 0 Å². The third-order valence-electron chi connectivity index (χ3n) is 4.90. The molecular formula is C17H26N2O. The second-order valence-electron chi connectivity index (χ2n) is 6.37. The van der Waals surface area contributed by atoms with Gasteiger partial charge in [-0.3, -0.25) is 4.90 Å². The lowest BCUT2D eigenvalue weighted by Crippen LogP contribution is -2.52. The Hall–Kier alpha value is -1.06. The first-order valence-corrected chi connectivity index (χ1v) is 7.87. The first-order chi connectivity index (χ1) is 9.72. The van der Waals surface area contributed by atoms with Crippen LogP contribution in [0.5, 0.6) is 5.75 Å². The zero-order valence-corrected chi connectivity index (χ0v) is 12.8. The van der Waals surface area contributed by atoms with E-state index in [1.807, 2.05) is 0 Å². The van der Waals surface area contributed by atoms with Gasteiger partial charge in [0.2, 0.25) is 0 Å². The quantitative estimate of drug-likeness (QED) is 0.917. The van der Waals surface area contributed by atoms with Crippen LogP contribution in [0.1, 0.15) is 38.3 Å².